The number of halogens is 1. The van der Waals surface area contributed by atoms with Gasteiger partial charge in [-0.1, -0.05) is 37.6 Å². The zero-order valence-electron chi connectivity index (χ0n) is 25.4. The lowest BCUT2D eigenvalue weighted by Gasteiger charge is -2.37. The van der Waals surface area contributed by atoms with Crippen LogP contribution in [0.1, 0.15) is 48.3 Å². The highest BCUT2D eigenvalue weighted by molar-refractivity contribution is 7.89. The molecule has 2 aromatic carbocycles. The average molecular weight is 642 g/mol. The van der Waals surface area contributed by atoms with Gasteiger partial charge in [0.15, 0.2) is 5.82 Å². The van der Waals surface area contributed by atoms with Gasteiger partial charge < -0.3 is 25.2 Å². The second-order valence-electron chi connectivity index (χ2n) is 12.5. The van der Waals surface area contributed by atoms with Gasteiger partial charge in [-0.3, -0.25) is 9.89 Å². The Labute approximate surface area is 263 Å². The van der Waals surface area contributed by atoms with Crippen molar-refractivity contribution in [3.63, 3.8) is 0 Å². The molecule has 4 heterocycles. The van der Waals surface area contributed by atoms with Gasteiger partial charge >= 0.3 is 0 Å². The summed E-state index contributed by atoms with van der Waals surface area (Å²) in [6.07, 6.45) is 1.72. The first-order valence-electron chi connectivity index (χ1n) is 15.1. The maximum atomic E-state index is 13.9. The Morgan fingerprint density at radius 3 is 2.55 bits per heavy atom. The maximum absolute atomic E-state index is 13.9. The van der Waals surface area contributed by atoms with Gasteiger partial charge in [0.05, 0.1) is 10.6 Å². The van der Waals surface area contributed by atoms with Crippen molar-refractivity contribution in [1.82, 2.24) is 19.4 Å². The summed E-state index contributed by atoms with van der Waals surface area (Å²) in [5, 5.41) is 14.3. The lowest BCUT2D eigenvalue weighted by atomic mass is 9.84. The van der Waals surface area contributed by atoms with E-state index in [0.29, 0.717) is 30.2 Å². The second kappa shape index (κ2) is 12.3. The number of carbonyl (C=O) groups excluding carboxylic acids is 1. The van der Waals surface area contributed by atoms with E-state index in [2.05, 4.69) is 43.7 Å². The SMILES string of the molecule is CN1CCN(c2ccc(C(=O)Nc3n[nH]c4c3CN(S(=O)(=O)c3ccccc3Cl)CC4(C)C)c(NC3CCOCC3)c2)CC1. The van der Waals surface area contributed by atoms with Gasteiger partial charge in [0.2, 0.25) is 10.0 Å². The van der Waals surface area contributed by atoms with Crippen LogP contribution in [0, 0.1) is 0 Å². The molecule has 1 aromatic heterocycles. The van der Waals surface area contributed by atoms with Crippen molar-refractivity contribution in [2.24, 2.45) is 0 Å². The minimum Gasteiger partial charge on any atom is -0.381 e. The minimum atomic E-state index is -3.90. The van der Waals surface area contributed by atoms with Crippen molar-refractivity contribution in [3.8, 4) is 0 Å². The van der Waals surface area contributed by atoms with E-state index in [9.17, 15) is 13.2 Å². The summed E-state index contributed by atoms with van der Waals surface area (Å²) in [6.45, 7) is 9.35. The van der Waals surface area contributed by atoms with Crippen LogP contribution < -0.4 is 15.5 Å². The molecule has 6 rings (SSSR count). The van der Waals surface area contributed by atoms with E-state index >= 15 is 0 Å². The molecule has 2 fully saturated rings. The van der Waals surface area contributed by atoms with Crippen LogP contribution in [0.2, 0.25) is 5.02 Å². The number of piperazine rings is 1. The third-order valence-electron chi connectivity index (χ3n) is 8.83. The van der Waals surface area contributed by atoms with E-state index in [-0.39, 0.29) is 35.0 Å². The van der Waals surface area contributed by atoms with Gasteiger partial charge in [-0.15, -0.1) is 0 Å². The molecule has 0 unspecified atom stereocenters. The Bertz CT molecular complexity index is 1630. The van der Waals surface area contributed by atoms with Crippen LogP contribution in [-0.4, -0.2) is 92.8 Å². The Balaban J connectivity index is 1.28. The predicted octanol–water partition coefficient (Wildman–Crippen LogP) is 4.14. The zero-order valence-corrected chi connectivity index (χ0v) is 27.0. The fourth-order valence-electron chi connectivity index (χ4n) is 6.25. The number of anilines is 3. The maximum Gasteiger partial charge on any atom is 0.258 e. The van der Waals surface area contributed by atoms with E-state index in [1.165, 1.54) is 10.4 Å². The van der Waals surface area contributed by atoms with Gasteiger partial charge in [-0.25, -0.2) is 8.42 Å². The normalized spacial score (nSPS) is 19.9. The first-order valence-corrected chi connectivity index (χ1v) is 16.9. The number of carbonyl (C=O) groups is 1. The number of hydrogen-bond donors (Lipinski definition) is 3. The molecule has 0 radical (unpaired) electrons. The molecule has 11 nitrogen and oxygen atoms in total. The van der Waals surface area contributed by atoms with Crippen LogP contribution in [0.25, 0.3) is 0 Å². The lowest BCUT2D eigenvalue weighted by molar-refractivity contribution is 0.0904. The molecule has 0 spiro atoms. The number of fused-ring (bicyclic) bond motifs is 1. The van der Waals surface area contributed by atoms with Crippen LogP contribution in [0.15, 0.2) is 47.4 Å². The number of rotatable bonds is 7. The molecule has 3 aromatic rings. The molecule has 0 bridgehead atoms. The Kier molecular flexibility index (Phi) is 8.64. The highest BCUT2D eigenvalue weighted by Crippen LogP contribution is 2.39. The molecular formula is C31H40ClN7O4S. The molecule has 1 amide bonds. The molecular weight excluding hydrogens is 602 g/mol. The van der Waals surface area contributed by atoms with Crippen molar-refractivity contribution in [3.05, 3.63) is 64.3 Å². The fraction of sp³-hybridized carbons (Fsp3) is 0.484. The number of nitrogens with one attached hydrogen (secondary N) is 3. The summed E-state index contributed by atoms with van der Waals surface area (Å²) in [6, 6.07) is 12.6. The van der Waals surface area contributed by atoms with E-state index in [1.54, 1.807) is 18.2 Å². The number of amides is 1. The largest absolute Gasteiger partial charge is 0.381 e. The smallest absolute Gasteiger partial charge is 0.258 e. The second-order valence-corrected chi connectivity index (χ2v) is 14.8. The van der Waals surface area contributed by atoms with Gasteiger partial charge in [-0.2, -0.15) is 9.40 Å². The van der Waals surface area contributed by atoms with Crippen molar-refractivity contribution in [2.75, 3.05) is 68.5 Å². The quantitative estimate of drug-likeness (QED) is 0.352. The number of hydrogen-bond acceptors (Lipinski definition) is 8. The summed E-state index contributed by atoms with van der Waals surface area (Å²) in [5.41, 5.74) is 3.18. The van der Waals surface area contributed by atoms with Crippen molar-refractivity contribution < 1.29 is 17.9 Å². The number of aromatic nitrogens is 2. The number of likely N-dealkylation sites (N-methyl/N-ethyl adjacent to an activating group) is 1. The van der Waals surface area contributed by atoms with Crippen LogP contribution in [0.5, 0.6) is 0 Å². The molecule has 236 valence electrons. The van der Waals surface area contributed by atoms with Gasteiger partial charge in [0.25, 0.3) is 5.91 Å². The first-order chi connectivity index (χ1) is 21.0. The van der Waals surface area contributed by atoms with Crippen molar-refractivity contribution >= 4 is 44.7 Å². The first kappa shape index (κ1) is 30.8. The van der Waals surface area contributed by atoms with Crippen molar-refractivity contribution in [1.29, 1.82) is 0 Å². The summed E-state index contributed by atoms with van der Waals surface area (Å²) in [5.74, 6) is -0.0000262. The van der Waals surface area contributed by atoms with Gasteiger partial charge in [0, 0.05) is 86.6 Å². The van der Waals surface area contributed by atoms with Gasteiger partial charge in [-0.05, 0) is 50.2 Å². The number of ether oxygens (including phenoxy) is 1. The van der Waals surface area contributed by atoms with E-state index < -0.39 is 15.4 Å². The number of benzene rings is 2. The molecule has 3 aliphatic heterocycles. The third-order valence-corrected chi connectivity index (χ3v) is 11.1. The number of sulfonamides is 1. The molecule has 3 aliphatic rings. The van der Waals surface area contributed by atoms with Gasteiger partial charge in [0.1, 0.15) is 4.90 Å². The Hall–Kier alpha value is -3.16. The summed E-state index contributed by atoms with van der Waals surface area (Å²) in [4.78, 5) is 18.6. The standard InChI is InChI=1S/C31H40ClN7O4S/c1-31(2)20-39(44(41,42)27-7-5-4-6-25(27)32)19-24-28(31)35-36-29(24)34-30(40)23-9-8-22(38-14-12-37(3)13-15-38)18-26(23)33-21-10-16-43-17-11-21/h4-9,18,21,33H,10-17,19-20H2,1-3H3,(H2,34,35,36,40). The van der Waals surface area contributed by atoms with Crippen molar-refractivity contribution in [2.45, 2.75) is 49.6 Å². The summed E-state index contributed by atoms with van der Waals surface area (Å²) in [7, 11) is -1.78. The lowest BCUT2D eigenvalue weighted by Crippen LogP contribution is -2.45. The summed E-state index contributed by atoms with van der Waals surface area (Å²) >= 11 is 6.30. The number of H-pyrrole nitrogens is 1. The average Bonchev–Trinajstić information content (AvgIpc) is 3.41. The summed E-state index contributed by atoms with van der Waals surface area (Å²) < 4.78 is 34.4. The zero-order chi connectivity index (χ0) is 31.1. The Morgan fingerprint density at radius 2 is 1.82 bits per heavy atom. The molecule has 2 saturated heterocycles. The topological polar surface area (TPSA) is 123 Å². The highest BCUT2D eigenvalue weighted by Gasteiger charge is 2.41. The van der Waals surface area contributed by atoms with E-state index in [0.717, 1.165) is 56.1 Å². The molecule has 13 heteroatoms. The molecule has 0 saturated carbocycles. The number of nitrogens with zero attached hydrogens (tertiary/aromatic N) is 4. The minimum absolute atomic E-state index is 0.0496. The van der Waals surface area contributed by atoms with E-state index in [1.807, 2.05) is 26.0 Å². The van der Waals surface area contributed by atoms with Crippen LogP contribution in [0.4, 0.5) is 17.2 Å². The predicted molar refractivity (Wildman–Crippen MR) is 172 cm³/mol. The molecule has 3 N–H and O–H groups in total. The Morgan fingerprint density at radius 1 is 1.09 bits per heavy atom. The molecule has 44 heavy (non-hydrogen) atoms. The van der Waals surface area contributed by atoms with E-state index in [4.69, 9.17) is 16.3 Å². The van der Waals surface area contributed by atoms with Crippen LogP contribution in [0.3, 0.4) is 0 Å². The molecule has 0 aliphatic carbocycles. The molecule has 0 atom stereocenters. The van der Waals surface area contributed by atoms with Crippen LogP contribution in [-0.2, 0) is 26.7 Å². The van der Waals surface area contributed by atoms with Crippen LogP contribution >= 0.6 is 11.6 Å². The third kappa shape index (κ3) is 6.18. The fourth-order valence-corrected chi connectivity index (χ4v) is 8.31. The highest BCUT2D eigenvalue weighted by atomic mass is 35.5. The number of aromatic amines is 1. The monoisotopic (exact) mass is 641 g/mol.